The minimum atomic E-state index is 0.226. The molecule has 0 aromatic carbocycles. The van der Waals surface area contributed by atoms with Crippen LogP contribution in [-0.2, 0) is 0 Å². The molecule has 0 bridgehead atoms. The first-order valence-corrected chi connectivity index (χ1v) is 5.33. The molecule has 3 atom stereocenters. The van der Waals surface area contributed by atoms with E-state index in [1.807, 2.05) is 0 Å². The largest absolute Gasteiger partial charge is 0.326 e. The zero-order chi connectivity index (χ0) is 9.84. The average molecular weight is 185 g/mol. The fourth-order valence-corrected chi connectivity index (χ4v) is 2.06. The molecule has 0 saturated heterocycles. The normalized spacial score (nSPS) is 35.3. The molecule has 0 heterocycles. The Hall–Kier alpha value is -0.120. The van der Waals surface area contributed by atoms with Gasteiger partial charge in [0.25, 0.3) is 0 Å². The zero-order valence-electron chi connectivity index (χ0n) is 8.87. The number of hydrogen-bond donors (Lipinski definition) is 2. The predicted octanol–water partition coefficient (Wildman–Crippen LogP) is 0.393. The number of nitrogens with two attached hydrogens (primary N) is 2. The van der Waals surface area contributed by atoms with Gasteiger partial charge < -0.3 is 16.4 Å². The molecule has 0 aromatic heterocycles. The van der Waals surface area contributed by atoms with E-state index in [0.29, 0.717) is 0 Å². The van der Waals surface area contributed by atoms with Crippen LogP contribution in [0.1, 0.15) is 26.2 Å². The molecular formula is C10H23N3. The van der Waals surface area contributed by atoms with Crippen molar-refractivity contribution in [2.24, 2.45) is 17.4 Å². The van der Waals surface area contributed by atoms with Crippen molar-refractivity contribution in [2.75, 3.05) is 20.1 Å². The van der Waals surface area contributed by atoms with E-state index in [1.165, 1.54) is 13.0 Å². The molecule has 13 heavy (non-hydrogen) atoms. The van der Waals surface area contributed by atoms with Crippen LogP contribution < -0.4 is 11.5 Å². The van der Waals surface area contributed by atoms with Crippen LogP contribution in [0, 0.1) is 5.92 Å². The van der Waals surface area contributed by atoms with E-state index >= 15 is 0 Å². The van der Waals surface area contributed by atoms with Crippen molar-refractivity contribution in [1.29, 1.82) is 0 Å². The molecule has 1 saturated carbocycles. The van der Waals surface area contributed by atoms with Gasteiger partial charge in [0.15, 0.2) is 0 Å². The second-order valence-corrected chi connectivity index (χ2v) is 4.36. The van der Waals surface area contributed by atoms with E-state index in [-0.39, 0.29) is 12.1 Å². The minimum absolute atomic E-state index is 0.226. The summed E-state index contributed by atoms with van der Waals surface area (Å²) in [6, 6.07) is 0.465. The van der Waals surface area contributed by atoms with Gasteiger partial charge in [-0.1, -0.05) is 6.92 Å². The summed E-state index contributed by atoms with van der Waals surface area (Å²) in [5.41, 5.74) is 11.8. The van der Waals surface area contributed by atoms with Crippen molar-refractivity contribution in [3.63, 3.8) is 0 Å². The second-order valence-electron chi connectivity index (χ2n) is 4.36. The molecule has 3 unspecified atom stereocenters. The Kier molecular flexibility index (Phi) is 4.16. The van der Waals surface area contributed by atoms with Crippen molar-refractivity contribution in [1.82, 2.24) is 4.90 Å². The van der Waals surface area contributed by atoms with Crippen LogP contribution in [0.5, 0.6) is 0 Å². The molecule has 1 fully saturated rings. The summed E-state index contributed by atoms with van der Waals surface area (Å²) >= 11 is 0. The Labute approximate surface area is 81.5 Å². The van der Waals surface area contributed by atoms with E-state index in [9.17, 15) is 0 Å². The standard InChI is InChI=1S/C10H23N3/c1-3-13(2)7-8-4-5-9(11)10(12)6-8/h8-10H,3-7,11-12H2,1-2H3. The smallest absolute Gasteiger partial charge is 0.0195 e. The molecule has 1 rings (SSSR count). The van der Waals surface area contributed by atoms with Gasteiger partial charge in [0.2, 0.25) is 0 Å². The highest BCUT2D eigenvalue weighted by molar-refractivity contribution is 4.85. The molecule has 3 heteroatoms. The van der Waals surface area contributed by atoms with Gasteiger partial charge in [0.05, 0.1) is 0 Å². The summed E-state index contributed by atoms with van der Waals surface area (Å²) in [6.07, 6.45) is 3.45. The highest BCUT2D eigenvalue weighted by Gasteiger charge is 2.25. The molecule has 0 amide bonds. The molecule has 0 radical (unpaired) electrons. The van der Waals surface area contributed by atoms with Gasteiger partial charge in [0.1, 0.15) is 0 Å². The number of hydrogen-bond acceptors (Lipinski definition) is 3. The third kappa shape index (κ3) is 3.25. The molecule has 3 nitrogen and oxygen atoms in total. The van der Waals surface area contributed by atoms with Gasteiger partial charge in [-0.05, 0) is 38.8 Å². The van der Waals surface area contributed by atoms with Gasteiger partial charge in [-0.15, -0.1) is 0 Å². The fourth-order valence-electron chi connectivity index (χ4n) is 2.06. The third-order valence-corrected chi connectivity index (χ3v) is 3.17. The maximum atomic E-state index is 5.94. The zero-order valence-corrected chi connectivity index (χ0v) is 8.87. The summed E-state index contributed by atoms with van der Waals surface area (Å²) in [5.74, 6) is 0.764. The van der Waals surface area contributed by atoms with E-state index < -0.39 is 0 Å². The minimum Gasteiger partial charge on any atom is -0.326 e. The Morgan fingerprint density at radius 3 is 2.46 bits per heavy atom. The average Bonchev–Trinajstić information content (AvgIpc) is 2.11. The molecule has 0 spiro atoms. The fraction of sp³-hybridized carbons (Fsp3) is 1.00. The Morgan fingerprint density at radius 2 is 1.92 bits per heavy atom. The van der Waals surface area contributed by atoms with Crippen molar-refractivity contribution < 1.29 is 0 Å². The molecule has 1 aliphatic carbocycles. The van der Waals surface area contributed by atoms with Gasteiger partial charge in [-0.3, -0.25) is 0 Å². The van der Waals surface area contributed by atoms with Crippen molar-refractivity contribution >= 4 is 0 Å². The maximum Gasteiger partial charge on any atom is 0.0195 e. The molecule has 1 aliphatic rings. The van der Waals surface area contributed by atoms with Crippen molar-refractivity contribution in [2.45, 2.75) is 38.3 Å². The quantitative estimate of drug-likeness (QED) is 0.669. The van der Waals surface area contributed by atoms with Crippen LogP contribution in [-0.4, -0.2) is 37.1 Å². The van der Waals surface area contributed by atoms with Crippen LogP contribution in [0.25, 0.3) is 0 Å². The second kappa shape index (κ2) is 4.94. The molecule has 4 N–H and O–H groups in total. The Morgan fingerprint density at radius 1 is 1.23 bits per heavy atom. The maximum absolute atomic E-state index is 5.94. The van der Waals surface area contributed by atoms with Gasteiger partial charge in [-0.2, -0.15) is 0 Å². The van der Waals surface area contributed by atoms with Crippen molar-refractivity contribution in [3.8, 4) is 0 Å². The Bertz CT molecular complexity index is 147. The third-order valence-electron chi connectivity index (χ3n) is 3.17. The lowest BCUT2D eigenvalue weighted by Gasteiger charge is -2.33. The highest BCUT2D eigenvalue weighted by Crippen LogP contribution is 2.22. The highest BCUT2D eigenvalue weighted by atomic mass is 15.1. The lowest BCUT2D eigenvalue weighted by Crippen LogP contribution is -2.47. The van der Waals surface area contributed by atoms with E-state index in [0.717, 1.165) is 25.3 Å². The summed E-state index contributed by atoms with van der Waals surface area (Å²) in [4.78, 5) is 2.36. The van der Waals surface area contributed by atoms with Gasteiger partial charge in [-0.25, -0.2) is 0 Å². The predicted molar refractivity (Wildman–Crippen MR) is 56.5 cm³/mol. The van der Waals surface area contributed by atoms with E-state index in [4.69, 9.17) is 11.5 Å². The molecule has 0 aliphatic heterocycles. The van der Waals surface area contributed by atoms with Gasteiger partial charge >= 0.3 is 0 Å². The lowest BCUT2D eigenvalue weighted by atomic mass is 9.83. The SMILES string of the molecule is CCN(C)CC1CCC(N)C(N)C1. The first kappa shape index (κ1) is 11.0. The van der Waals surface area contributed by atoms with E-state index in [2.05, 4.69) is 18.9 Å². The molecule has 78 valence electrons. The topological polar surface area (TPSA) is 55.3 Å². The number of rotatable bonds is 3. The van der Waals surface area contributed by atoms with Crippen LogP contribution in [0.3, 0.4) is 0 Å². The lowest BCUT2D eigenvalue weighted by molar-refractivity contribution is 0.215. The first-order chi connectivity index (χ1) is 6.13. The summed E-state index contributed by atoms with van der Waals surface area (Å²) < 4.78 is 0. The first-order valence-electron chi connectivity index (χ1n) is 5.33. The van der Waals surface area contributed by atoms with Crippen LogP contribution in [0.4, 0.5) is 0 Å². The molecular weight excluding hydrogens is 162 g/mol. The Balaban J connectivity index is 2.29. The van der Waals surface area contributed by atoms with Crippen molar-refractivity contribution in [3.05, 3.63) is 0 Å². The van der Waals surface area contributed by atoms with Crippen LogP contribution in [0.15, 0.2) is 0 Å². The summed E-state index contributed by atoms with van der Waals surface area (Å²) in [6.45, 7) is 4.49. The number of nitrogens with zero attached hydrogens (tertiary/aromatic N) is 1. The summed E-state index contributed by atoms with van der Waals surface area (Å²) in [7, 11) is 2.17. The van der Waals surface area contributed by atoms with Crippen LogP contribution in [0.2, 0.25) is 0 Å². The molecule has 0 aromatic rings. The van der Waals surface area contributed by atoms with E-state index in [1.54, 1.807) is 0 Å². The summed E-state index contributed by atoms with van der Waals surface area (Å²) in [5, 5.41) is 0. The van der Waals surface area contributed by atoms with Gasteiger partial charge in [0, 0.05) is 18.6 Å². The monoisotopic (exact) mass is 185 g/mol. The van der Waals surface area contributed by atoms with Crippen LogP contribution >= 0.6 is 0 Å².